The van der Waals surface area contributed by atoms with E-state index < -0.39 is 0 Å². The minimum absolute atomic E-state index is 0.431. The number of carbonyl (C=O) groups excluding carboxylic acids is 1. The first kappa shape index (κ1) is 17.4. The van der Waals surface area contributed by atoms with Gasteiger partial charge < -0.3 is 10.5 Å². The average Bonchev–Trinajstić information content (AvgIpc) is 2.68. The number of anilines is 1. The lowest BCUT2D eigenvalue weighted by atomic mass is 9.96. The van der Waals surface area contributed by atoms with E-state index in [0.29, 0.717) is 13.1 Å². The van der Waals surface area contributed by atoms with Gasteiger partial charge in [-0.25, -0.2) is 0 Å². The maximum absolute atomic E-state index is 9.18. The highest BCUT2D eigenvalue weighted by molar-refractivity contribution is 6.05. The summed E-state index contributed by atoms with van der Waals surface area (Å²) in [6.07, 6.45) is 1.83. The summed E-state index contributed by atoms with van der Waals surface area (Å²) in [5, 5.41) is 3.51. The predicted octanol–water partition coefficient (Wildman–Crippen LogP) is 4.82. The van der Waals surface area contributed by atoms with Crippen molar-refractivity contribution in [1.29, 1.82) is 0 Å². The number of rotatable bonds is 3. The molecule has 2 N–H and O–H groups in total. The second-order valence-electron chi connectivity index (χ2n) is 5.72. The molecule has 0 bridgehead atoms. The van der Waals surface area contributed by atoms with E-state index in [1.807, 2.05) is 30.5 Å². The third-order valence-corrected chi connectivity index (χ3v) is 4.04. The SMILES string of the molecule is CCOC=O.Nc1cc(-c2cccc3ccccc23)c2ncccc2c1. The standard InChI is InChI=1S/C19H14N2.C3H6O2/c20-15-11-14-7-4-10-21-19(14)18(12-15)17-9-3-6-13-5-1-2-8-16(13)17;1-2-5-3-4/h1-12H,20H2;3H,2H2,1H3. The van der Waals surface area contributed by atoms with E-state index in [0.717, 1.165) is 22.2 Å². The number of aromatic nitrogens is 1. The van der Waals surface area contributed by atoms with Gasteiger partial charge in [-0.15, -0.1) is 0 Å². The smallest absolute Gasteiger partial charge is 0.293 e. The molecule has 4 rings (SSSR count). The molecule has 1 aromatic heterocycles. The third-order valence-electron chi connectivity index (χ3n) is 4.04. The fourth-order valence-electron chi connectivity index (χ4n) is 2.95. The number of nitrogens with two attached hydrogens (primary N) is 1. The largest absolute Gasteiger partial charge is 0.468 e. The number of hydrogen-bond donors (Lipinski definition) is 1. The van der Waals surface area contributed by atoms with Crippen molar-refractivity contribution in [3.63, 3.8) is 0 Å². The Balaban J connectivity index is 0.000000349. The van der Waals surface area contributed by atoms with E-state index in [-0.39, 0.29) is 0 Å². The van der Waals surface area contributed by atoms with Crippen LogP contribution < -0.4 is 5.73 Å². The van der Waals surface area contributed by atoms with Gasteiger partial charge >= 0.3 is 0 Å². The molecule has 4 nitrogen and oxygen atoms in total. The maximum Gasteiger partial charge on any atom is 0.293 e. The number of ether oxygens (including phenoxy) is 1. The topological polar surface area (TPSA) is 65.2 Å². The van der Waals surface area contributed by atoms with Gasteiger partial charge in [0.2, 0.25) is 0 Å². The summed E-state index contributed by atoms with van der Waals surface area (Å²) in [6, 6.07) is 22.7. The maximum atomic E-state index is 9.18. The first-order valence-corrected chi connectivity index (χ1v) is 8.42. The average molecular weight is 344 g/mol. The number of benzene rings is 3. The van der Waals surface area contributed by atoms with E-state index in [4.69, 9.17) is 5.73 Å². The van der Waals surface area contributed by atoms with Crippen LogP contribution in [0.15, 0.2) is 72.9 Å². The molecule has 4 heteroatoms. The Hall–Kier alpha value is -3.40. The van der Waals surface area contributed by atoms with Gasteiger partial charge in [-0.1, -0.05) is 48.5 Å². The molecule has 4 aromatic rings. The molecule has 0 saturated heterocycles. The van der Waals surface area contributed by atoms with Crippen LogP contribution >= 0.6 is 0 Å². The fourth-order valence-corrected chi connectivity index (χ4v) is 2.95. The van der Waals surface area contributed by atoms with Crippen LogP contribution in [0.5, 0.6) is 0 Å². The highest BCUT2D eigenvalue weighted by Crippen LogP contribution is 2.34. The Labute approximate surface area is 152 Å². The number of carbonyl (C=O) groups is 1. The fraction of sp³-hybridized carbons (Fsp3) is 0.0909. The summed E-state index contributed by atoms with van der Waals surface area (Å²) in [5.41, 5.74) is 10.1. The lowest BCUT2D eigenvalue weighted by molar-refractivity contribution is -0.128. The first-order chi connectivity index (χ1) is 12.7. The zero-order chi connectivity index (χ0) is 18.4. The first-order valence-electron chi connectivity index (χ1n) is 8.42. The van der Waals surface area contributed by atoms with Crippen LogP contribution in [0.2, 0.25) is 0 Å². The summed E-state index contributed by atoms with van der Waals surface area (Å²) in [6.45, 7) is 2.66. The van der Waals surface area contributed by atoms with Crippen molar-refractivity contribution < 1.29 is 9.53 Å². The zero-order valence-electron chi connectivity index (χ0n) is 14.6. The number of pyridine rings is 1. The van der Waals surface area contributed by atoms with Gasteiger partial charge in [0.25, 0.3) is 6.47 Å². The molecule has 0 aliphatic carbocycles. The summed E-state index contributed by atoms with van der Waals surface area (Å²) in [5.74, 6) is 0. The van der Waals surface area contributed by atoms with Crippen LogP contribution in [0, 0.1) is 0 Å². The molecule has 0 spiro atoms. The van der Waals surface area contributed by atoms with E-state index in [9.17, 15) is 4.79 Å². The molecule has 1 heterocycles. The van der Waals surface area contributed by atoms with Gasteiger partial charge in [0.05, 0.1) is 12.1 Å². The van der Waals surface area contributed by atoms with Crippen molar-refractivity contribution in [2.24, 2.45) is 0 Å². The summed E-state index contributed by atoms with van der Waals surface area (Å²) < 4.78 is 4.15. The summed E-state index contributed by atoms with van der Waals surface area (Å²) >= 11 is 0. The van der Waals surface area contributed by atoms with Gasteiger partial charge in [0, 0.05) is 22.8 Å². The Morgan fingerprint density at radius 1 is 0.962 bits per heavy atom. The highest BCUT2D eigenvalue weighted by atomic mass is 16.5. The zero-order valence-corrected chi connectivity index (χ0v) is 14.6. The molecule has 130 valence electrons. The van der Waals surface area contributed by atoms with Crippen molar-refractivity contribution in [2.45, 2.75) is 6.92 Å². The van der Waals surface area contributed by atoms with E-state index in [1.54, 1.807) is 6.92 Å². The number of fused-ring (bicyclic) bond motifs is 2. The van der Waals surface area contributed by atoms with Crippen LogP contribution in [0.4, 0.5) is 5.69 Å². The number of hydrogen-bond acceptors (Lipinski definition) is 4. The van der Waals surface area contributed by atoms with Gasteiger partial charge in [-0.3, -0.25) is 9.78 Å². The molecule has 0 amide bonds. The molecule has 26 heavy (non-hydrogen) atoms. The van der Waals surface area contributed by atoms with Crippen LogP contribution in [0.3, 0.4) is 0 Å². The molecule has 0 aliphatic rings. The molecule has 3 aromatic carbocycles. The van der Waals surface area contributed by atoms with E-state index in [2.05, 4.69) is 52.2 Å². The van der Waals surface area contributed by atoms with E-state index in [1.165, 1.54) is 16.3 Å². The van der Waals surface area contributed by atoms with Crippen molar-refractivity contribution in [2.75, 3.05) is 12.3 Å². The molecule has 0 fully saturated rings. The van der Waals surface area contributed by atoms with Crippen LogP contribution in [0.1, 0.15) is 6.92 Å². The summed E-state index contributed by atoms with van der Waals surface area (Å²) in [7, 11) is 0. The molecule has 0 saturated carbocycles. The highest BCUT2D eigenvalue weighted by Gasteiger charge is 2.09. The van der Waals surface area contributed by atoms with Crippen molar-refractivity contribution in [3.8, 4) is 11.1 Å². The van der Waals surface area contributed by atoms with Gasteiger partial charge in [0.15, 0.2) is 0 Å². The van der Waals surface area contributed by atoms with Gasteiger partial charge in [-0.2, -0.15) is 0 Å². The molecule has 0 aliphatic heterocycles. The Morgan fingerprint density at radius 3 is 2.50 bits per heavy atom. The van der Waals surface area contributed by atoms with Crippen molar-refractivity contribution >= 4 is 33.8 Å². The summed E-state index contributed by atoms with van der Waals surface area (Å²) in [4.78, 5) is 13.7. The number of nitrogen functional groups attached to an aromatic ring is 1. The Kier molecular flexibility index (Phi) is 5.44. The monoisotopic (exact) mass is 344 g/mol. The lowest BCUT2D eigenvalue weighted by Crippen LogP contribution is -1.91. The van der Waals surface area contributed by atoms with Crippen LogP contribution in [-0.2, 0) is 9.53 Å². The Bertz CT molecular complexity index is 1040. The van der Waals surface area contributed by atoms with Crippen molar-refractivity contribution in [1.82, 2.24) is 4.98 Å². The molecular formula is C22H20N2O2. The molecular weight excluding hydrogens is 324 g/mol. The normalized spacial score (nSPS) is 10.2. The second-order valence-corrected chi connectivity index (χ2v) is 5.72. The molecule has 0 radical (unpaired) electrons. The predicted molar refractivity (Wildman–Crippen MR) is 107 cm³/mol. The molecule has 0 unspecified atom stereocenters. The van der Waals surface area contributed by atoms with Gasteiger partial charge in [0.1, 0.15) is 0 Å². The van der Waals surface area contributed by atoms with E-state index >= 15 is 0 Å². The quantitative estimate of drug-likeness (QED) is 0.427. The minimum atomic E-state index is 0.431. The molecule has 0 atom stereocenters. The van der Waals surface area contributed by atoms with Crippen LogP contribution in [-0.4, -0.2) is 18.1 Å². The van der Waals surface area contributed by atoms with Crippen LogP contribution in [0.25, 0.3) is 32.8 Å². The third kappa shape index (κ3) is 3.64. The van der Waals surface area contributed by atoms with Crippen molar-refractivity contribution in [3.05, 3.63) is 72.9 Å². The second kappa shape index (κ2) is 8.12. The Morgan fingerprint density at radius 2 is 1.73 bits per heavy atom. The number of nitrogens with zero attached hydrogens (tertiary/aromatic N) is 1. The minimum Gasteiger partial charge on any atom is -0.468 e. The van der Waals surface area contributed by atoms with Gasteiger partial charge in [-0.05, 0) is 41.5 Å². The lowest BCUT2D eigenvalue weighted by Gasteiger charge is -2.10.